The maximum absolute atomic E-state index is 4.82. The van der Waals surface area contributed by atoms with Crippen molar-refractivity contribution in [1.82, 2.24) is 10.3 Å². The van der Waals surface area contributed by atoms with Crippen LogP contribution in [0, 0.1) is 5.92 Å². The van der Waals surface area contributed by atoms with E-state index in [-0.39, 0.29) is 0 Å². The molecule has 1 atom stereocenters. The summed E-state index contributed by atoms with van der Waals surface area (Å²) in [5.41, 5.74) is 1.10. The van der Waals surface area contributed by atoms with Crippen molar-refractivity contribution in [2.75, 3.05) is 31.1 Å². The van der Waals surface area contributed by atoms with E-state index in [4.69, 9.17) is 4.98 Å². The molecular formula is C17H23N3. The highest BCUT2D eigenvalue weighted by molar-refractivity contribution is 5.80. The number of nitrogens with zero attached hydrogens (tertiary/aromatic N) is 2. The molecule has 2 heterocycles. The summed E-state index contributed by atoms with van der Waals surface area (Å²) in [6.45, 7) is 6.61. The van der Waals surface area contributed by atoms with Crippen molar-refractivity contribution in [3.63, 3.8) is 0 Å². The van der Waals surface area contributed by atoms with E-state index in [9.17, 15) is 0 Å². The summed E-state index contributed by atoms with van der Waals surface area (Å²) in [6.07, 6.45) is 2.60. The standard InChI is InChI=1S/C17H23N3/c1-2-18-12-14-6-5-11-20(13-14)17-10-9-15-7-3-4-8-16(15)19-17/h3-4,7-10,14,18H,2,5-6,11-13H2,1H3. The molecule has 0 spiro atoms. The number of nitrogens with one attached hydrogen (secondary N) is 1. The Morgan fingerprint density at radius 2 is 2.15 bits per heavy atom. The zero-order chi connectivity index (χ0) is 13.8. The number of aromatic nitrogens is 1. The molecule has 1 unspecified atom stereocenters. The first kappa shape index (κ1) is 13.4. The number of pyridine rings is 1. The SMILES string of the molecule is CCNCC1CCCN(c2ccc3ccccc3n2)C1. The topological polar surface area (TPSA) is 28.2 Å². The first-order valence-corrected chi connectivity index (χ1v) is 7.68. The highest BCUT2D eigenvalue weighted by Gasteiger charge is 2.20. The largest absolute Gasteiger partial charge is 0.356 e. The molecule has 3 rings (SSSR count). The van der Waals surface area contributed by atoms with E-state index in [0.717, 1.165) is 43.4 Å². The van der Waals surface area contributed by atoms with Gasteiger partial charge in [-0.3, -0.25) is 0 Å². The third kappa shape index (κ3) is 2.93. The molecule has 0 radical (unpaired) electrons. The fourth-order valence-electron chi connectivity index (χ4n) is 3.02. The van der Waals surface area contributed by atoms with Gasteiger partial charge in [-0.05, 0) is 50.0 Å². The number of para-hydroxylation sites is 1. The number of piperidine rings is 1. The van der Waals surface area contributed by atoms with Crippen LogP contribution in [-0.2, 0) is 0 Å². The Hall–Kier alpha value is -1.61. The van der Waals surface area contributed by atoms with Gasteiger partial charge in [-0.1, -0.05) is 25.1 Å². The number of fused-ring (bicyclic) bond motifs is 1. The van der Waals surface area contributed by atoms with Crippen LogP contribution in [0.15, 0.2) is 36.4 Å². The Morgan fingerprint density at radius 3 is 3.05 bits per heavy atom. The minimum Gasteiger partial charge on any atom is -0.356 e. The lowest BCUT2D eigenvalue weighted by molar-refractivity contribution is 0.394. The summed E-state index contributed by atoms with van der Waals surface area (Å²) < 4.78 is 0. The van der Waals surface area contributed by atoms with Crippen LogP contribution in [0.3, 0.4) is 0 Å². The fourth-order valence-corrected chi connectivity index (χ4v) is 3.02. The van der Waals surface area contributed by atoms with Crippen molar-refractivity contribution < 1.29 is 0 Å². The van der Waals surface area contributed by atoms with Gasteiger partial charge in [-0.25, -0.2) is 4.98 Å². The van der Waals surface area contributed by atoms with E-state index >= 15 is 0 Å². The van der Waals surface area contributed by atoms with Gasteiger partial charge < -0.3 is 10.2 Å². The quantitative estimate of drug-likeness (QED) is 0.924. The Labute approximate surface area is 121 Å². The highest BCUT2D eigenvalue weighted by Crippen LogP contribution is 2.23. The zero-order valence-electron chi connectivity index (χ0n) is 12.2. The van der Waals surface area contributed by atoms with Crippen LogP contribution in [-0.4, -0.2) is 31.2 Å². The van der Waals surface area contributed by atoms with Crippen LogP contribution >= 0.6 is 0 Å². The highest BCUT2D eigenvalue weighted by atomic mass is 15.2. The lowest BCUT2D eigenvalue weighted by atomic mass is 9.98. The molecule has 0 bridgehead atoms. The van der Waals surface area contributed by atoms with Gasteiger partial charge in [0.05, 0.1) is 5.52 Å². The molecular weight excluding hydrogens is 246 g/mol. The Bertz CT molecular complexity index is 567. The molecule has 1 saturated heterocycles. The van der Waals surface area contributed by atoms with E-state index in [1.165, 1.54) is 18.2 Å². The minimum absolute atomic E-state index is 0.747. The smallest absolute Gasteiger partial charge is 0.129 e. The van der Waals surface area contributed by atoms with Gasteiger partial charge in [0.15, 0.2) is 0 Å². The van der Waals surface area contributed by atoms with Crippen molar-refractivity contribution in [2.45, 2.75) is 19.8 Å². The molecule has 0 saturated carbocycles. The van der Waals surface area contributed by atoms with Gasteiger partial charge in [0.2, 0.25) is 0 Å². The van der Waals surface area contributed by atoms with Gasteiger partial charge in [-0.2, -0.15) is 0 Å². The lowest BCUT2D eigenvalue weighted by Gasteiger charge is -2.33. The van der Waals surface area contributed by atoms with Crippen LogP contribution < -0.4 is 10.2 Å². The van der Waals surface area contributed by atoms with Gasteiger partial charge >= 0.3 is 0 Å². The van der Waals surface area contributed by atoms with Crippen LogP contribution in [0.25, 0.3) is 10.9 Å². The molecule has 1 aromatic heterocycles. The minimum atomic E-state index is 0.747. The Kier molecular flexibility index (Phi) is 4.16. The molecule has 3 heteroatoms. The van der Waals surface area contributed by atoms with E-state index in [1.54, 1.807) is 0 Å². The van der Waals surface area contributed by atoms with Gasteiger partial charge in [-0.15, -0.1) is 0 Å². The molecule has 1 N–H and O–H groups in total. The second-order valence-electron chi connectivity index (χ2n) is 5.62. The van der Waals surface area contributed by atoms with E-state index in [0.29, 0.717) is 0 Å². The van der Waals surface area contributed by atoms with Gasteiger partial charge in [0, 0.05) is 18.5 Å². The molecule has 2 aromatic rings. The van der Waals surface area contributed by atoms with Crippen molar-refractivity contribution in [3.05, 3.63) is 36.4 Å². The molecule has 1 fully saturated rings. The van der Waals surface area contributed by atoms with Crippen molar-refractivity contribution in [2.24, 2.45) is 5.92 Å². The maximum Gasteiger partial charge on any atom is 0.129 e. The summed E-state index contributed by atoms with van der Waals surface area (Å²) in [5, 5.41) is 4.69. The Morgan fingerprint density at radius 1 is 1.25 bits per heavy atom. The Balaban J connectivity index is 1.76. The van der Waals surface area contributed by atoms with Crippen LogP contribution in [0.5, 0.6) is 0 Å². The number of hydrogen-bond acceptors (Lipinski definition) is 3. The van der Waals surface area contributed by atoms with Crippen LogP contribution in [0.4, 0.5) is 5.82 Å². The second-order valence-corrected chi connectivity index (χ2v) is 5.62. The first-order chi connectivity index (χ1) is 9.86. The van der Waals surface area contributed by atoms with E-state index in [2.05, 4.69) is 53.5 Å². The number of rotatable bonds is 4. The predicted octanol–water partition coefficient (Wildman–Crippen LogP) is 3.06. The summed E-state index contributed by atoms with van der Waals surface area (Å²) in [5.74, 6) is 1.88. The summed E-state index contributed by atoms with van der Waals surface area (Å²) in [6, 6.07) is 12.7. The number of hydrogen-bond donors (Lipinski definition) is 1. The van der Waals surface area contributed by atoms with E-state index in [1.807, 2.05) is 0 Å². The fraction of sp³-hybridized carbons (Fsp3) is 0.471. The molecule has 20 heavy (non-hydrogen) atoms. The monoisotopic (exact) mass is 269 g/mol. The lowest BCUT2D eigenvalue weighted by Crippen LogP contribution is -2.40. The van der Waals surface area contributed by atoms with Gasteiger partial charge in [0.1, 0.15) is 5.82 Å². The number of benzene rings is 1. The number of anilines is 1. The molecule has 1 aliphatic rings. The van der Waals surface area contributed by atoms with Crippen molar-refractivity contribution in [3.8, 4) is 0 Å². The van der Waals surface area contributed by atoms with Crippen molar-refractivity contribution >= 4 is 16.7 Å². The summed E-state index contributed by atoms with van der Waals surface area (Å²) in [7, 11) is 0. The predicted molar refractivity (Wildman–Crippen MR) is 85.2 cm³/mol. The average molecular weight is 269 g/mol. The summed E-state index contributed by atoms with van der Waals surface area (Å²) in [4.78, 5) is 7.26. The molecule has 0 amide bonds. The molecule has 106 valence electrons. The molecule has 1 aliphatic heterocycles. The molecule has 0 aliphatic carbocycles. The van der Waals surface area contributed by atoms with Gasteiger partial charge in [0.25, 0.3) is 0 Å². The first-order valence-electron chi connectivity index (χ1n) is 7.68. The molecule has 3 nitrogen and oxygen atoms in total. The third-order valence-corrected chi connectivity index (χ3v) is 4.11. The third-order valence-electron chi connectivity index (χ3n) is 4.11. The summed E-state index contributed by atoms with van der Waals surface area (Å²) >= 11 is 0. The normalized spacial score (nSPS) is 19.4. The van der Waals surface area contributed by atoms with Crippen molar-refractivity contribution in [1.29, 1.82) is 0 Å². The van der Waals surface area contributed by atoms with E-state index < -0.39 is 0 Å². The second kappa shape index (κ2) is 6.23. The molecule has 1 aromatic carbocycles. The zero-order valence-corrected chi connectivity index (χ0v) is 12.2. The van der Waals surface area contributed by atoms with Crippen LogP contribution in [0.1, 0.15) is 19.8 Å². The average Bonchev–Trinajstić information content (AvgIpc) is 2.53. The maximum atomic E-state index is 4.82. The van der Waals surface area contributed by atoms with Crippen LogP contribution in [0.2, 0.25) is 0 Å².